The molecule has 0 aliphatic rings. The van der Waals surface area contributed by atoms with E-state index >= 15 is 0 Å². The summed E-state index contributed by atoms with van der Waals surface area (Å²) in [5, 5.41) is 20.9. The van der Waals surface area contributed by atoms with Crippen LogP contribution in [0, 0.1) is 6.92 Å². The molecule has 3 rings (SSSR count). The van der Waals surface area contributed by atoms with E-state index < -0.39 is 5.97 Å². The van der Waals surface area contributed by atoms with Crippen LogP contribution in [0.1, 0.15) is 22.0 Å². The molecule has 0 amide bonds. The number of aromatic nitrogens is 6. The van der Waals surface area contributed by atoms with Gasteiger partial charge in [-0.1, -0.05) is 6.07 Å². The number of hydrogen-bond donors (Lipinski definition) is 1. The fourth-order valence-electron chi connectivity index (χ4n) is 2.01. The second-order valence-corrected chi connectivity index (χ2v) is 4.48. The standard InChI is InChI=1S/C13H12N6O2/c1-9-16-12(6-18-7-14-15-8-18)19(17-9)11-4-2-3-10(5-11)13(20)21/h2-5,7-8H,6H2,1H3,(H,20,21). The van der Waals surface area contributed by atoms with Gasteiger partial charge in [0.1, 0.15) is 18.5 Å². The van der Waals surface area contributed by atoms with E-state index in [4.69, 9.17) is 5.11 Å². The van der Waals surface area contributed by atoms with E-state index in [-0.39, 0.29) is 5.56 Å². The van der Waals surface area contributed by atoms with Crippen molar-refractivity contribution < 1.29 is 9.90 Å². The molecule has 8 heteroatoms. The first-order valence-electron chi connectivity index (χ1n) is 6.22. The van der Waals surface area contributed by atoms with Crippen LogP contribution >= 0.6 is 0 Å². The van der Waals surface area contributed by atoms with Crippen molar-refractivity contribution in [3.8, 4) is 5.69 Å². The molecule has 2 heterocycles. The highest BCUT2D eigenvalue weighted by molar-refractivity contribution is 5.88. The fourth-order valence-corrected chi connectivity index (χ4v) is 2.01. The number of carboxylic acids is 1. The van der Waals surface area contributed by atoms with Gasteiger partial charge in [0, 0.05) is 0 Å². The van der Waals surface area contributed by atoms with Crippen LogP contribution in [0.2, 0.25) is 0 Å². The minimum Gasteiger partial charge on any atom is -0.478 e. The number of benzene rings is 1. The molecule has 0 fully saturated rings. The first-order chi connectivity index (χ1) is 10.1. The zero-order valence-corrected chi connectivity index (χ0v) is 11.2. The van der Waals surface area contributed by atoms with Crippen molar-refractivity contribution in [3.63, 3.8) is 0 Å². The van der Waals surface area contributed by atoms with Crippen LogP contribution in [0.15, 0.2) is 36.9 Å². The average molecular weight is 284 g/mol. The first kappa shape index (κ1) is 13.0. The summed E-state index contributed by atoms with van der Waals surface area (Å²) in [7, 11) is 0. The van der Waals surface area contributed by atoms with E-state index in [1.807, 2.05) is 0 Å². The SMILES string of the molecule is Cc1nc(Cn2cnnc2)n(-c2cccc(C(=O)O)c2)n1. The van der Waals surface area contributed by atoms with Crippen LogP contribution in [-0.4, -0.2) is 40.6 Å². The summed E-state index contributed by atoms with van der Waals surface area (Å²) in [6, 6.07) is 6.57. The lowest BCUT2D eigenvalue weighted by atomic mass is 10.2. The normalized spacial score (nSPS) is 10.7. The van der Waals surface area contributed by atoms with Crippen molar-refractivity contribution in [1.82, 2.24) is 29.5 Å². The molecule has 0 aliphatic heterocycles. The number of aromatic carboxylic acids is 1. The molecule has 2 aromatic heterocycles. The summed E-state index contributed by atoms with van der Waals surface area (Å²) in [5.41, 5.74) is 0.856. The van der Waals surface area contributed by atoms with E-state index in [2.05, 4.69) is 20.3 Å². The maximum absolute atomic E-state index is 11.1. The molecule has 0 radical (unpaired) electrons. The van der Waals surface area contributed by atoms with Gasteiger partial charge in [0.05, 0.1) is 17.8 Å². The molecule has 0 unspecified atom stereocenters. The molecule has 8 nitrogen and oxygen atoms in total. The van der Waals surface area contributed by atoms with Crippen molar-refractivity contribution >= 4 is 5.97 Å². The molecule has 3 aromatic rings. The van der Waals surface area contributed by atoms with E-state index in [1.165, 1.54) is 6.07 Å². The van der Waals surface area contributed by atoms with Crippen LogP contribution in [0.3, 0.4) is 0 Å². The number of carbonyl (C=O) groups is 1. The lowest BCUT2D eigenvalue weighted by Crippen LogP contribution is -2.08. The van der Waals surface area contributed by atoms with Crippen LogP contribution in [0.4, 0.5) is 0 Å². The highest BCUT2D eigenvalue weighted by Gasteiger charge is 2.12. The fraction of sp³-hybridized carbons (Fsp3) is 0.154. The second-order valence-electron chi connectivity index (χ2n) is 4.48. The molecule has 0 bridgehead atoms. The van der Waals surface area contributed by atoms with Gasteiger partial charge in [-0.05, 0) is 25.1 Å². The van der Waals surface area contributed by atoms with Crippen LogP contribution in [0.5, 0.6) is 0 Å². The zero-order valence-electron chi connectivity index (χ0n) is 11.2. The molecule has 1 aromatic carbocycles. The van der Waals surface area contributed by atoms with Crippen LogP contribution < -0.4 is 0 Å². The molecular formula is C13H12N6O2. The van der Waals surface area contributed by atoms with Gasteiger partial charge in [0.15, 0.2) is 5.82 Å². The molecule has 0 spiro atoms. The monoisotopic (exact) mass is 284 g/mol. The Morgan fingerprint density at radius 1 is 1.29 bits per heavy atom. The third-order valence-electron chi connectivity index (χ3n) is 2.91. The number of nitrogens with zero attached hydrogens (tertiary/aromatic N) is 6. The van der Waals surface area contributed by atoms with Gasteiger partial charge in [0.2, 0.25) is 0 Å². The van der Waals surface area contributed by atoms with Crippen LogP contribution in [0.25, 0.3) is 5.69 Å². The van der Waals surface area contributed by atoms with Crippen LogP contribution in [-0.2, 0) is 6.54 Å². The van der Waals surface area contributed by atoms with Crippen molar-refractivity contribution in [2.75, 3.05) is 0 Å². The first-order valence-corrected chi connectivity index (χ1v) is 6.22. The Labute approximate surface area is 119 Å². The third kappa shape index (κ3) is 2.64. The summed E-state index contributed by atoms with van der Waals surface area (Å²) in [4.78, 5) is 15.4. The highest BCUT2D eigenvalue weighted by atomic mass is 16.4. The Morgan fingerprint density at radius 3 is 2.76 bits per heavy atom. The summed E-state index contributed by atoms with van der Waals surface area (Å²) in [5.74, 6) is 0.308. The molecule has 106 valence electrons. The minimum absolute atomic E-state index is 0.205. The summed E-state index contributed by atoms with van der Waals surface area (Å²) >= 11 is 0. The minimum atomic E-state index is -0.978. The Bertz CT molecular complexity index is 778. The lowest BCUT2D eigenvalue weighted by molar-refractivity contribution is 0.0697. The van der Waals surface area contributed by atoms with Crippen molar-refractivity contribution in [2.24, 2.45) is 0 Å². The van der Waals surface area contributed by atoms with E-state index in [0.29, 0.717) is 23.9 Å². The largest absolute Gasteiger partial charge is 0.478 e. The quantitative estimate of drug-likeness (QED) is 0.764. The second kappa shape index (κ2) is 5.16. The predicted octanol–water partition coefficient (Wildman–Crippen LogP) is 0.914. The molecule has 1 N–H and O–H groups in total. The van der Waals surface area contributed by atoms with Crippen molar-refractivity contribution in [2.45, 2.75) is 13.5 Å². The molecule has 0 saturated carbocycles. The Morgan fingerprint density at radius 2 is 2.05 bits per heavy atom. The van der Waals surface area contributed by atoms with Gasteiger partial charge in [0.25, 0.3) is 0 Å². The number of hydrogen-bond acceptors (Lipinski definition) is 5. The summed E-state index contributed by atoms with van der Waals surface area (Å²) < 4.78 is 3.39. The Hall–Kier alpha value is -3.03. The maximum atomic E-state index is 11.1. The van der Waals surface area contributed by atoms with Gasteiger partial charge in [-0.25, -0.2) is 14.5 Å². The highest BCUT2D eigenvalue weighted by Crippen LogP contribution is 2.13. The Kier molecular flexibility index (Phi) is 3.19. The molecule has 21 heavy (non-hydrogen) atoms. The number of aryl methyl sites for hydroxylation is 1. The van der Waals surface area contributed by atoms with Crippen molar-refractivity contribution in [3.05, 3.63) is 54.1 Å². The molecule has 0 saturated heterocycles. The van der Waals surface area contributed by atoms with Gasteiger partial charge < -0.3 is 9.67 Å². The summed E-state index contributed by atoms with van der Waals surface area (Å²) in [6.45, 7) is 2.23. The number of rotatable bonds is 4. The molecule has 0 aliphatic carbocycles. The van der Waals surface area contributed by atoms with Crippen molar-refractivity contribution in [1.29, 1.82) is 0 Å². The lowest BCUT2D eigenvalue weighted by Gasteiger charge is -2.07. The Balaban J connectivity index is 2.02. The third-order valence-corrected chi connectivity index (χ3v) is 2.91. The maximum Gasteiger partial charge on any atom is 0.335 e. The van der Waals surface area contributed by atoms with Gasteiger partial charge >= 0.3 is 5.97 Å². The van der Waals surface area contributed by atoms with E-state index in [0.717, 1.165) is 0 Å². The van der Waals surface area contributed by atoms with Gasteiger partial charge in [-0.3, -0.25) is 0 Å². The average Bonchev–Trinajstić information content (AvgIpc) is 3.09. The zero-order chi connectivity index (χ0) is 14.8. The van der Waals surface area contributed by atoms with Gasteiger partial charge in [-0.15, -0.1) is 10.2 Å². The predicted molar refractivity (Wildman–Crippen MR) is 72.2 cm³/mol. The smallest absolute Gasteiger partial charge is 0.335 e. The molecular weight excluding hydrogens is 272 g/mol. The van der Waals surface area contributed by atoms with E-state index in [1.54, 1.807) is 47.0 Å². The topological polar surface area (TPSA) is 98.7 Å². The number of carboxylic acid groups (broad SMARTS) is 1. The van der Waals surface area contributed by atoms with E-state index in [9.17, 15) is 4.79 Å². The molecule has 0 atom stereocenters. The summed E-state index contributed by atoms with van der Waals surface area (Å²) in [6.07, 6.45) is 3.17. The van der Waals surface area contributed by atoms with Gasteiger partial charge in [-0.2, -0.15) is 5.10 Å².